The zero-order valence-electron chi connectivity index (χ0n) is 21.3. The minimum Gasteiger partial charge on any atom is -0.497 e. The van der Waals surface area contributed by atoms with Crippen LogP contribution < -0.4 is 4.74 Å². The van der Waals surface area contributed by atoms with Crippen molar-refractivity contribution in [1.82, 2.24) is 9.47 Å². The summed E-state index contributed by atoms with van der Waals surface area (Å²) in [7, 11) is 1.77. The van der Waals surface area contributed by atoms with Crippen LogP contribution in [0.3, 0.4) is 0 Å². The summed E-state index contributed by atoms with van der Waals surface area (Å²) >= 11 is 0. The van der Waals surface area contributed by atoms with E-state index in [2.05, 4.69) is 65.1 Å². The Labute approximate surface area is 206 Å². The Bertz CT molecular complexity index is 1090. The summed E-state index contributed by atoms with van der Waals surface area (Å²) in [6.07, 6.45) is 15.7. The van der Waals surface area contributed by atoms with E-state index in [1.807, 2.05) is 0 Å². The Morgan fingerprint density at radius 3 is 2.53 bits per heavy atom. The lowest BCUT2D eigenvalue weighted by Crippen LogP contribution is -2.41. The molecule has 1 aliphatic heterocycles. The van der Waals surface area contributed by atoms with E-state index in [4.69, 9.17) is 4.74 Å². The normalized spacial score (nSPS) is 17.5. The van der Waals surface area contributed by atoms with Crippen LogP contribution in [0.15, 0.2) is 48.7 Å². The summed E-state index contributed by atoms with van der Waals surface area (Å²) in [4.78, 5) is 2.69. The summed E-state index contributed by atoms with van der Waals surface area (Å²) in [6.45, 7) is 6.86. The zero-order chi connectivity index (χ0) is 23.4. The number of nitrogens with zero attached hydrogens (tertiary/aromatic N) is 2. The molecule has 3 heteroatoms. The lowest BCUT2D eigenvalue weighted by Gasteiger charge is -2.40. The number of aryl methyl sites for hydroxylation is 2. The number of likely N-dealkylation sites (tertiary alicyclic amines) is 1. The van der Waals surface area contributed by atoms with Crippen molar-refractivity contribution >= 4 is 10.9 Å². The predicted octanol–water partition coefficient (Wildman–Crippen LogP) is 7.49. The maximum Gasteiger partial charge on any atom is 0.120 e. The van der Waals surface area contributed by atoms with Crippen molar-refractivity contribution in [3.05, 3.63) is 65.4 Å². The fraction of sp³-hybridized carbons (Fsp3) is 0.548. The number of methoxy groups -OCH3 is 1. The molecule has 0 bridgehead atoms. The van der Waals surface area contributed by atoms with Crippen molar-refractivity contribution < 1.29 is 4.74 Å². The maximum atomic E-state index is 5.56. The third kappa shape index (κ3) is 4.77. The molecule has 1 aromatic heterocycles. The Morgan fingerprint density at radius 1 is 0.912 bits per heavy atom. The van der Waals surface area contributed by atoms with E-state index in [1.54, 1.807) is 18.2 Å². The van der Waals surface area contributed by atoms with E-state index in [0.717, 1.165) is 18.8 Å². The maximum absolute atomic E-state index is 5.56. The van der Waals surface area contributed by atoms with Gasteiger partial charge in [-0.3, -0.25) is 4.90 Å². The number of aromatic nitrogens is 1. The monoisotopic (exact) mass is 458 g/mol. The molecule has 1 spiro atoms. The largest absolute Gasteiger partial charge is 0.497 e. The number of hydrogen-bond donors (Lipinski definition) is 0. The fourth-order valence-electron chi connectivity index (χ4n) is 6.51. The molecule has 3 nitrogen and oxygen atoms in total. The molecule has 2 aliphatic rings. The van der Waals surface area contributed by atoms with Gasteiger partial charge < -0.3 is 9.30 Å². The van der Waals surface area contributed by atoms with Crippen molar-refractivity contribution in [2.75, 3.05) is 20.2 Å². The van der Waals surface area contributed by atoms with Gasteiger partial charge in [0, 0.05) is 30.7 Å². The highest BCUT2D eigenvalue weighted by atomic mass is 16.5. The van der Waals surface area contributed by atoms with Crippen molar-refractivity contribution in [1.29, 1.82) is 0 Å². The topological polar surface area (TPSA) is 17.4 Å². The number of benzene rings is 2. The van der Waals surface area contributed by atoms with Crippen LogP contribution in [-0.2, 0) is 24.9 Å². The van der Waals surface area contributed by atoms with Gasteiger partial charge in [0.25, 0.3) is 0 Å². The molecule has 0 N–H and O–H groups in total. The minimum absolute atomic E-state index is 0.437. The first-order valence-corrected chi connectivity index (χ1v) is 13.7. The lowest BCUT2D eigenvalue weighted by atomic mass is 9.74. The second-order valence-electron chi connectivity index (χ2n) is 10.7. The average molecular weight is 459 g/mol. The molecular formula is C31H42N2O. The van der Waals surface area contributed by atoms with E-state index in [0.29, 0.717) is 5.41 Å². The Morgan fingerprint density at radius 2 is 1.71 bits per heavy atom. The number of ether oxygens (including phenoxy) is 1. The van der Waals surface area contributed by atoms with Crippen molar-refractivity contribution in [3.63, 3.8) is 0 Å². The molecule has 182 valence electrons. The van der Waals surface area contributed by atoms with E-state index in [9.17, 15) is 0 Å². The molecule has 2 aromatic carbocycles. The van der Waals surface area contributed by atoms with Crippen LogP contribution in [0.25, 0.3) is 10.9 Å². The highest BCUT2D eigenvalue weighted by molar-refractivity contribution is 5.85. The SMILES string of the molecule is CCCCCCCCn1cc(CN2CCC3(CCc4ccccc43)CC2)c2ccc(OC)cc21. The molecule has 34 heavy (non-hydrogen) atoms. The van der Waals surface area contributed by atoms with Gasteiger partial charge in [0.1, 0.15) is 5.75 Å². The van der Waals surface area contributed by atoms with Gasteiger partial charge >= 0.3 is 0 Å². The van der Waals surface area contributed by atoms with E-state index >= 15 is 0 Å². The molecule has 1 saturated heterocycles. The van der Waals surface area contributed by atoms with Crippen LogP contribution in [0, 0.1) is 0 Å². The van der Waals surface area contributed by atoms with Gasteiger partial charge in [-0.1, -0.05) is 63.3 Å². The summed E-state index contributed by atoms with van der Waals surface area (Å²) in [6, 6.07) is 15.8. The smallest absolute Gasteiger partial charge is 0.120 e. The summed E-state index contributed by atoms with van der Waals surface area (Å²) in [5.74, 6) is 0.959. The lowest BCUT2D eigenvalue weighted by molar-refractivity contribution is 0.152. The molecule has 0 atom stereocenters. The molecule has 1 fully saturated rings. The number of fused-ring (bicyclic) bond motifs is 3. The third-order valence-corrected chi connectivity index (χ3v) is 8.59. The van der Waals surface area contributed by atoms with Gasteiger partial charge in [0.15, 0.2) is 0 Å². The molecule has 0 radical (unpaired) electrons. The standard InChI is InChI=1S/C31H42N2O/c1-3-4-5-6-7-10-19-33-24-26(28-14-13-27(34-2)22-30(28)33)23-32-20-17-31(18-21-32)16-15-25-11-8-9-12-29(25)31/h8-9,11-14,22,24H,3-7,10,15-21,23H2,1-2H3. The Balaban J connectivity index is 1.26. The van der Waals surface area contributed by atoms with Gasteiger partial charge in [-0.15, -0.1) is 0 Å². The number of piperidine rings is 1. The summed E-state index contributed by atoms with van der Waals surface area (Å²) in [5, 5.41) is 1.40. The molecule has 0 saturated carbocycles. The van der Waals surface area contributed by atoms with Crippen molar-refractivity contribution in [3.8, 4) is 5.75 Å². The fourth-order valence-corrected chi connectivity index (χ4v) is 6.51. The summed E-state index contributed by atoms with van der Waals surface area (Å²) < 4.78 is 8.06. The van der Waals surface area contributed by atoms with Gasteiger partial charge in [0.2, 0.25) is 0 Å². The molecular weight excluding hydrogens is 416 g/mol. The van der Waals surface area contributed by atoms with Gasteiger partial charge in [-0.25, -0.2) is 0 Å². The van der Waals surface area contributed by atoms with Crippen molar-refractivity contribution in [2.45, 2.75) is 89.6 Å². The number of hydrogen-bond acceptors (Lipinski definition) is 2. The van der Waals surface area contributed by atoms with Crippen LogP contribution >= 0.6 is 0 Å². The average Bonchev–Trinajstić information content (AvgIpc) is 3.41. The Kier molecular flexibility index (Phi) is 7.29. The molecule has 0 amide bonds. The van der Waals surface area contributed by atoms with Crippen LogP contribution in [-0.4, -0.2) is 29.7 Å². The van der Waals surface area contributed by atoms with Gasteiger partial charge in [-0.2, -0.15) is 0 Å². The van der Waals surface area contributed by atoms with Gasteiger partial charge in [-0.05, 0) is 79.4 Å². The number of rotatable bonds is 10. The molecule has 3 aromatic rings. The first-order chi connectivity index (χ1) is 16.7. The minimum atomic E-state index is 0.437. The quantitative estimate of drug-likeness (QED) is 0.293. The van der Waals surface area contributed by atoms with Gasteiger partial charge in [0.05, 0.1) is 12.6 Å². The second kappa shape index (κ2) is 10.6. The summed E-state index contributed by atoms with van der Waals surface area (Å²) in [5.41, 5.74) is 6.50. The first kappa shape index (κ1) is 23.5. The van der Waals surface area contributed by atoms with Crippen LogP contribution in [0.5, 0.6) is 5.75 Å². The first-order valence-electron chi connectivity index (χ1n) is 13.7. The van der Waals surface area contributed by atoms with Crippen LogP contribution in [0.1, 0.15) is 81.4 Å². The molecule has 2 heterocycles. The molecule has 0 unspecified atom stereocenters. The van der Waals surface area contributed by atoms with E-state index < -0.39 is 0 Å². The van der Waals surface area contributed by atoms with Crippen molar-refractivity contribution in [2.24, 2.45) is 0 Å². The number of unbranched alkanes of at least 4 members (excludes halogenated alkanes) is 5. The highest BCUT2D eigenvalue weighted by Crippen LogP contribution is 2.46. The highest BCUT2D eigenvalue weighted by Gasteiger charge is 2.40. The van der Waals surface area contributed by atoms with E-state index in [-0.39, 0.29) is 0 Å². The van der Waals surface area contributed by atoms with Crippen LogP contribution in [0.2, 0.25) is 0 Å². The Hall–Kier alpha value is -2.26. The molecule has 5 rings (SSSR count). The van der Waals surface area contributed by atoms with Crippen LogP contribution in [0.4, 0.5) is 0 Å². The third-order valence-electron chi connectivity index (χ3n) is 8.59. The van der Waals surface area contributed by atoms with E-state index in [1.165, 1.54) is 93.8 Å². The predicted molar refractivity (Wildman–Crippen MR) is 143 cm³/mol. The second-order valence-corrected chi connectivity index (χ2v) is 10.7. The molecule has 1 aliphatic carbocycles. The zero-order valence-corrected chi connectivity index (χ0v) is 21.3.